The van der Waals surface area contributed by atoms with E-state index in [1.807, 2.05) is 60.9 Å². The Hall–Kier alpha value is -2.13. The van der Waals surface area contributed by atoms with E-state index in [0.29, 0.717) is 0 Å². The number of halogens is 1. The van der Waals surface area contributed by atoms with Gasteiger partial charge in [0.1, 0.15) is 0 Å². The van der Waals surface area contributed by atoms with Crippen LogP contribution in [0.25, 0.3) is 5.69 Å². The fourth-order valence-corrected chi connectivity index (χ4v) is 2.34. The Bertz CT molecular complexity index is 730. The molecule has 0 unspecified atom stereocenters. The second-order valence-corrected chi connectivity index (χ2v) is 5.25. The van der Waals surface area contributed by atoms with Gasteiger partial charge in [0, 0.05) is 34.3 Å². The highest BCUT2D eigenvalue weighted by molar-refractivity contribution is 9.10. The van der Waals surface area contributed by atoms with Crippen molar-refractivity contribution in [3.05, 3.63) is 83.1 Å². The Balaban J connectivity index is 1.83. The highest BCUT2D eigenvalue weighted by Gasteiger charge is 1.98. The van der Waals surface area contributed by atoms with E-state index in [1.165, 1.54) is 0 Å². The van der Waals surface area contributed by atoms with Crippen molar-refractivity contribution in [1.29, 1.82) is 0 Å². The van der Waals surface area contributed by atoms with E-state index in [4.69, 9.17) is 0 Å². The van der Waals surface area contributed by atoms with Crippen molar-refractivity contribution in [1.82, 2.24) is 4.57 Å². The summed E-state index contributed by atoms with van der Waals surface area (Å²) in [6.45, 7) is 0. The van der Waals surface area contributed by atoms with Crippen LogP contribution in [-0.2, 0) is 0 Å². The number of aromatic nitrogens is 1. The molecule has 3 heteroatoms. The van der Waals surface area contributed by atoms with Gasteiger partial charge in [-0.25, -0.2) is 0 Å². The minimum absolute atomic E-state index is 0.931. The number of aliphatic imine (C=N–C) groups is 1. The number of nitrogens with zero attached hydrogens (tertiary/aromatic N) is 2. The summed E-state index contributed by atoms with van der Waals surface area (Å²) in [6.07, 6.45) is 5.98. The van der Waals surface area contributed by atoms with E-state index in [0.717, 1.165) is 21.4 Å². The van der Waals surface area contributed by atoms with Gasteiger partial charge in [0.05, 0.1) is 5.69 Å². The van der Waals surface area contributed by atoms with E-state index in [9.17, 15) is 0 Å². The Labute approximate surface area is 126 Å². The van der Waals surface area contributed by atoms with Crippen LogP contribution in [0.4, 0.5) is 5.69 Å². The van der Waals surface area contributed by atoms with Gasteiger partial charge in [-0.1, -0.05) is 30.3 Å². The summed E-state index contributed by atoms with van der Waals surface area (Å²) in [7, 11) is 0. The zero-order chi connectivity index (χ0) is 13.8. The van der Waals surface area contributed by atoms with Crippen LogP contribution >= 0.6 is 15.9 Å². The first-order valence-corrected chi connectivity index (χ1v) is 7.14. The van der Waals surface area contributed by atoms with Gasteiger partial charge < -0.3 is 4.57 Å². The first-order valence-electron chi connectivity index (χ1n) is 6.35. The molecule has 3 rings (SSSR count). The molecule has 0 bridgehead atoms. The lowest BCUT2D eigenvalue weighted by molar-refractivity contribution is 1.08. The summed E-state index contributed by atoms with van der Waals surface area (Å²) in [5, 5.41) is 0. The average Bonchev–Trinajstić information content (AvgIpc) is 2.96. The first kappa shape index (κ1) is 12.9. The van der Waals surface area contributed by atoms with E-state index in [1.54, 1.807) is 0 Å². The van der Waals surface area contributed by atoms with Gasteiger partial charge >= 0.3 is 0 Å². The topological polar surface area (TPSA) is 17.3 Å². The molecule has 0 spiro atoms. The van der Waals surface area contributed by atoms with Crippen LogP contribution in [0.2, 0.25) is 0 Å². The summed E-state index contributed by atoms with van der Waals surface area (Å²) in [5.74, 6) is 0. The van der Waals surface area contributed by atoms with Crippen LogP contribution < -0.4 is 0 Å². The highest BCUT2D eigenvalue weighted by atomic mass is 79.9. The normalized spacial score (nSPS) is 11.1. The Kier molecular flexibility index (Phi) is 3.79. The van der Waals surface area contributed by atoms with Crippen LogP contribution in [0.3, 0.4) is 0 Å². The van der Waals surface area contributed by atoms with Gasteiger partial charge in [0.15, 0.2) is 0 Å². The quantitative estimate of drug-likeness (QED) is 0.604. The molecule has 0 amide bonds. The van der Waals surface area contributed by atoms with Crippen molar-refractivity contribution in [2.75, 3.05) is 0 Å². The fourth-order valence-electron chi connectivity index (χ4n) is 1.95. The zero-order valence-electron chi connectivity index (χ0n) is 10.8. The van der Waals surface area contributed by atoms with Crippen molar-refractivity contribution in [2.24, 2.45) is 4.99 Å². The molecule has 0 saturated carbocycles. The maximum Gasteiger partial charge on any atom is 0.0771 e. The lowest BCUT2D eigenvalue weighted by Crippen LogP contribution is -1.88. The van der Waals surface area contributed by atoms with Crippen molar-refractivity contribution in [2.45, 2.75) is 0 Å². The Morgan fingerprint density at radius 1 is 0.900 bits per heavy atom. The molecule has 2 nitrogen and oxygen atoms in total. The SMILES string of the molecule is Brc1ccccc1N=Cc1ccn(-c2ccccc2)c1. The van der Waals surface area contributed by atoms with Crippen LogP contribution in [0.15, 0.2) is 82.5 Å². The van der Waals surface area contributed by atoms with Gasteiger partial charge in [-0.15, -0.1) is 0 Å². The van der Waals surface area contributed by atoms with E-state index in [-0.39, 0.29) is 0 Å². The molecule has 2 aromatic carbocycles. The van der Waals surface area contributed by atoms with Gasteiger partial charge in [-0.05, 0) is 46.3 Å². The molecule has 0 aliphatic carbocycles. The molecule has 0 atom stereocenters. The van der Waals surface area contributed by atoms with Crippen molar-refractivity contribution in [3.63, 3.8) is 0 Å². The minimum Gasteiger partial charge on any atom is -0.323 e. The monoisotopic (exact) mass is 324 g/mol. The third-order valence-corrected chi connectivity index (χ3v) is 3.65. The second-order valence-electron chi connectivity index (χ2n) is 4.40. The molecule has 0 N–H and O–H groups in total. The van der Waals surface area contributed by atoms with Gasteiger partial charge in [-0.2, -0.15) is 0 Å². The number of benzene rings is 2. The average molecular weight is 325 g/mol. The minimum atomic E-state index is 0.931. The molecule has 0 aliphatic heterocycles. The third-order valence-electron chi connectivity index (χ3n) is 2.98. The molecule has 3 aromatic rings. The van der Waals surface area contributed by atoms with E-state index < -0.39 is 0 Å². The van der Waals surface area contributed by atoms with Crippen molar-refractivity contribution in [3.8, 4) is 5.69 Å². The second kappa shape index (κ2) is 5.88. The molecule has 0 radical (unpaired) electrons. The molecule has 98 valence electrons. The lowest BCUT2D eigenvalue weighted by atomic mass is 10.3. The molecule has 1 heterocycles. The maximum atomic E-state index is 4.50. The van der Waals surface area contributed by atoms with Crippen LogP contribution in [0.5, 0.6) is 0 Å². The molecule has 0 saturated heterocycles. The molecular weight excluding hydrogens is 312 g/mol. The lowest BCUT2D eigenvalue weighted by Gasteiger charge is -2.00. The number of rotatable bonds is 3. The van der Waals surface area contributed by atoms with Gasteiger partial charge in [0.25, 0.3) is 0 Å². The molecular formula is C17H13BrN2. The molecule has 1 aromatic heterocycles. The van der Waals surface area contributed by atoms with Crippen LogP contribution in [0.1, 0.15) is 5.56 Å². The van der Waals surface area contributed by atoms with Crippen LogP contribution in [0, 0.1) is 0 Å². The Morgan fingerprint density at radius 2 is 1.65 bits per heavy atom. The highest BCUT2D eigenvalue weighted by Crippen LogP contribution is 2.24. The van der Waals surface area contributed by atoms with E-state index in [2.05, 4.69) is 43.8 Å². The number of hydrogen-bond donors (Lipinski definition) is 0. The van der Waals surface area contributed by atoms with E-state index >= 15 is 0 Å². The number of para-hydroxylation sites is 2. The van der Waals surface area contributed by atoms with Crippen molar-refractivity contribution < 1.29 is 0 Å². The van der Waals surface area contributed by atoms with Gasteiger partial charge in [0.2, 0.25) is 0 Å². The summed E-state index contributed by atoms with van der Waals surface area (Å²) in [5.41, 5.74) is 3.15. The smallest absolute Gasteiger partial charge is 0.0771 e. The summed E-state index contributed by atoms with van der Waals surface area (Å²) in [6, 6.07) is 20.2. The standard InChI is InChI=1S/C17H13BrN2/c18-16-8-4-5-9-17(16)19-12-14-10-11-20(13-14)15-6-2-1-3-7-15/h1-13H. The first-order chi connectivity index (χ1) is 9.83. The fraction of sp³-hybridized carbons (Fsp3) is 0. The molecule has 20 heavy (non-hydrogen) atoms. The molecule has 0 aliphatic rings. The third kappa shape index (κ3) is 2.89. The summed E-state index contributed by atoms with van der Waals surface area (Å²) < 4.78 is 3.08. The van der Waals surface area contributed by atoms with Crippen molar-refractivity contribution >= 4 is 27.8 Å². The largest absolute Gasteiger partial charge is 0.323 e. The maximum absolute atomic E-state index is 4.50. The predicted octanol–water partition coefficient (Wildman–Crippen LogP) is 4.99. The summed E-state index contributed by atoms with van der Waals surface area (Å²) in [4.78, 5) is 4.50. The Morgan fingerprint density at radius 3 is 2.45 bits per heavy atom. The number of hydrogen-bond acceptors (Lipinski definition) is 1. The van der Waals surface area contributed by atoms with Crippen LogP contribution in [-0.4, -0.2) is 10.8 Å². The molecule has 0 fully saturated rings. The predicted molar refractivity (Wildman–Crippen MR) is 87.2 cm³/mol. The zero-order valence-corrected chi connectivity index (χ0v) is 12.4. The van der Waals surface area contributed by atoms with Gasteiger partial charge in [-0.3, -0.25) is 4.99 Å². The summed E-state index contributed by atoms with van der Waals surface area (Å²) >= 11 is 3.49.